The number of hydrogen-bond donors (Lipinski definition) is 1. The summed E-state index contributed by atoms with van der Waals surface area (Å²) in [7, 11) is 0. The topological polar surface area (TPSA) is 25.2 Å². The molecule has 1 saturated carbocycles. The van der Waals surface area contributed by atoms with E-state index >= 15 is 0 Å². The van der Waals surface area contributed by atoms with Crippen molar-refractivity contribution in [2.75, 3.05) is 5.32 Å². The van der Waals surface area contributed by atoms with Crippen LogP contribution in [-0.4, -0.2) is 0 Å². The summed E-state index contributed by atoms with van der Waals surface area (Å²) >= 11 is 2.95. The number of hydrogen-bond acceptors (Lipinski definition) is 2. The summed E-state index contributed by atoms with van der Waals surface area (Å²) in [6.07, 6.45) is 1.16. The van der Waals surface area contributed by atoms with Gasteiger partial charge in [0.15, 0.2) is 0 Å². The molecule has 0 spiro atoms. The van der Waals surface area contributed by atoms with Crippen LogP contribution in [0.2, 0.25) is 0 Å². The molecule has 1 N–H and O–H groups in total. The van der Waals surface area contributed by atoms with Crippen LogP contribution in [0.1, 0.15) is 30.8 Å². The Balaban J connectivity index is 1.67. The molecule has 0 aliphatic heterocycles. The number of anilines is 1. The van der Waals surface area contributed by atoms with Crippen LogP contribution in [0.15, 0.2) is 33.2 Å². The van der Waals surface area contributed by atoms with E-state index in [0.29, 0.717) is 18.4 Å². The molecule has 5 heteroatoms. The number of rotatable bonds is 4. The maximum atomic E-state index is 13.6. The molecule has 2 aromatic rings. The van der Waals surface area contributed by atoms with Gasteiger partial charge < -0.3 is 9.73 Å². The van der Waals surface area contributed by atoms with Crippen LogP contribution >= 0.6 is 15.9 Å². The SMILES string of the molecule is CC1CC1c1ccc(CNc2cc(F)c(Br)cc2F)o1. The molecule has 1 aliphatic rings. The number of halogens is 3. The van der Waals surface area contributed by atoms with E-state index in [4.69, 9.17) is 4.42 Å². The predicted molar refractivity (Wildman–Crippen MR) is 76.6 cm³/mol. The molecule has 0 saturated heterocycles. The average molecular weight is 342 g/mol. The Morgan fingerprint density at radius 1 is 1.30 bits per heavy atom. The number of nitrogens with one attached hydrogen (secondary N) is 1. The summed E-state index contributed by atoms with van der Waals surface area (Å²) in [5.41, 5.74) is 0.128. The zero-order chi connectivity index (χ0) is 14.3. The molecule has 2 unspecified atom stereocenters. The highest BCUT2D eigenvalue weighted by Crippen LogP contribution is 2.47. The summed E-state index contributed by atoms with van der Waals surface area (Å²) < 4.78 is 32.8. The van der Waals surface area contributed by atoms with Gasteiger partial charge in [-0.1, -0.05) is 6.92 Å². The molecule has 0 amide bonds. The van der Waals surface area contributed by atoms with Gasteiger partial charge in [-0.15, -0.1) is 0 Å². The quantitative estimate of drug-likeness (QED) is 0.786. The van der Waals surface area contributed by atoms with Crippen molar-refractivity contribution in [3.8, 4) is 0 Å². The third kappa shape index (κ3) is 2.73. The van der Waals surface area contributed by atoms with Gasteiger partial charge >= 0.3 is 0 Å². The molecule has 106 valence electrons. The first-order valence-corrected chi connectivity index (χ1v) is 7.31. The van der Waals surface area contributed by atoms with Crippen molar-refractivity contribution in [3.63, 3.8) is 0 Å². The molecule has 0 radical (unpaired) electrons. The Morgan fingerprint density at radius 3 is 2.75 bits per heavy atom. The van der Waals surface area contributed by atoms with E-state index in [1.165, 1.54) is 0 Å². The molecule has 2 atom stereocenters. The lowest BCUT2D eigenvalue weighted by molar-refractivity contribution is 0.467. The van der Waals surface area contributed by atoms with Crippen LogP contribution in [0.4, 0.5) is 14.5 Å². The van der Waals surface area contributed by atoms with E-state index in [-0.39, 0.29) is 10.2 Å². The van der Waals surface area contributed by atoms with Gasteiger partial charge in [-0.05, 0) is 46.5 Å². The summed E-state index contributed by atoms with van der Waals surface area (Å²) in [6, 6.07) is 6.08. The molecule has 1 aliphatic carbocycles. The third-order valence-electron chi connectivity index (χ3n) is 3.62. The third-order valence-corrected chi connectivity index (χ3v) is 4.23. The highest BCUT2D eigenvalue weighted by Gasteiger charge is 2.36. The largest absolute Gasteiger partial charge is 0.464 e. The molecule has 0 bridgehead atoms. The fourth-order valence-electron chi connectivity index (χ4n) is 2.25. The van der Waals surface area contributed by atoms with Crippen molar-refractivity contribution in [3.05, 3.63) is 51.9 Å². The van der Waals surface area contributed by atoms with Crippen LogP contribution < -0.4 is 5.32 Å². The van der Waals surface area contributed by atoms with Gasteiger partial charge in [0.05, 0.1) is 16.7 Å². The van der Waals surface area contributed by atoms with Crippen molar-refractivity contribution >= 4 is 21.6 Å². The predicted octanol–water partition coefficient (Wildman–Crippen LogP) is 5.06. The van der Waals surface area contributed by atoms with Gasteiger partial charge in [0.1, 0.15) is 23.2 Å². The normalized spacial score (nSPS) is 21.0. The van der Waals surface area contributed by atoms with Crippen molar-refractivity contribution in [1.29, 1.82) is 0 Å². The van der Waals surface area contributed by atoms with Crippen LogP contribution in [0.25, 0.3) is 0 Å². The van der Waals surface area contributed by atoms with E-state index in [0.717, 1.165) is 30.1 Å². The van der Waals surface area contributed by atoms with E-state index < -0.39 is 11.6 Å². The molecule has 1 aromatic carbocycles. The molecule has 2 nitrogen and oxygen atoms in total. The Hall–Kier alpha value is -1.36. The van der Waals surface area contributed by atoms with E-state index in [2.05, 4.69) is 28.2 Å². The first-order chi connectivity index (χ1) is 9.54. The lowest BCUT2D eigenvalue weighted by Crippen LogP contribution is -2.01. The second-order valence-electron chi connectivity index (χ2n) is 5.22. The van der Waals surface area contributed by atoms with Gasteiger partial charge in [-0.25, -0.2) is 8.78 Å². The maximum absolute atomic E-state index is 13.6. The zero-order valence-electron chi connectivity index (χ0n) is 10.9. The molecule has 1 fully saturated rings. The van der Waals surface area contributed by atoms with Crippen LogP contribution in [0, 0.1) is 17.6 Å². The smallest absolute Gasteiger partial charge is 0.147 e. The van der Waals surface area contributed by atoms with Gasteiger partial charge in [0, 0.05) is 12.0 Å². The lowest BCUT2D eigenvalue weighted by Gasteiger charge is -2.07. The van der Waals surface area contributed by atoms with Gasteiger partial charge in [-0.3, -0.25) is 0 Å². The van der Waals surface area contributed by atoms with Crippen molar-refractivity contribution in [2.24, 2.45) is 5.92 Å². The van der Waals surface area contributed by atoms with Crippen LogP contribution in [0.3, 0.4) is 0 Å². The van der Waals surface area contributed by atoms with Crippen molar-refractivity contribution in [2.45, 2.75) is 25.8 Å². The molecule has 1 heterocycles. The van der Waals surface area contributed by atoms with E-state index in [1.54, 1.807) is 0 Å². The van der Waals surface area contributed by atoms with E-state index in [9.17, 15) is 8.78 Å². The second kappa shape index (κ2) is 5.20. The fraction of sp³-hybridized carbons (Fsp3) is 0.333. The fourth-order valence-corrected chi connectivity index (χ4v) is 2.56. The molecule has 20 heavy (non-hydrogen) atoms. The first-order valence-electron chi connectivity index (χ1n) is 6.51. The van der Waals surface area contributed by atoms with Crippen molar-refractivity contribution in [1.82, 2.24) is 0 Å². The van der Waals surface area contributed by atoms with Gasteiger partial charge in [0.2, 0.25) is 0 Å². The minimum Gasteiger partial charge on any atom is -0.464 e. The summed E-state index contributed by atoms with van der Waals surface area (Å²) in [4.78, 5) is 0. The zero-order valence-corrected chi connectivity index (χ0v) is 12.5. The number of benzene rings is 1. The van der Waals surface area contributed by atoms with Crippen molar-refractivity contribution < 1.29 is 13.2 Å². The lowest BCUT2D eigenvalue weighted by atomic mass is 10.2. The second-order valence-corrected chi connectivity index (χ2v) is 6.08. The highest BCUT2D eigenvalue weighted by molar-refractivity contribution is 9.10. The Labute approximate surface area is 124 Å². The van der Waals surface area contributed by atoms with Gasteiger partial charge in [-0.2, -0.15) is 0 Å². The molecular weight excluding hydrogens is 328 g/mol. The standard InChI is InChI=1S/C15H14BrF2NO/c1-8-4-10(8)15-3-2-9(20-15)7-19-14-6-12(17)11(16)5-13(14)18/h2-3,5-6,8,10,19H,4,7H2,1H3. The van der Waals surface area contributed by atoms with E-state index in [1.807, 2.05) is 12.1 Å². The van der Waals surface area contributed by atoms with Gasteiger partial charge in [0.25, 0.3) is 0 Å². The molecular formula is C15H14BrF2NO. The Kier molecular flexibility index (Phi) is 3.54. The minimum absolute atomic E-state index is 0.114. The Bertz CT molecular complexity index is 641. The maximum Gasteiger partial charge on any atom is 0.147 e. The minimum atomic E-state index is -0.499. The Morgan fingerprint density at radius 2 is 2.05 bits per heavy atom. The summed E-state index contributed by atoms with van der Waals surface area (Å²) in [5, 5.41) is 2.85. The summed E-state index contributed by atoms with van der Waals surface area (Å²) in [5.74, 6) is 1.91. The monoisotopic (exact) mass is 341 g/mol. The van der Waals surface area contributed by atoms with Crippen LogP contribution in [0.5, 0.6) is 0 Å². The van der Waals surface area contributed by atoms with Crippen LogP contribution in [-0.2, 0) is 6.54 Å². The molecule has 1 aromatic heterocycles. The first kappa shape index (κ1) is 13.6. The molecule has 3 rings (SSSR count). The highest BCUT2D eigenvalue weighted by atomic mass is 79.9. The number of furan rings is 1. The summed E-state index contributed by atoms with van der Waals surface area (Å²) in [6.45, 7) is 2.52. The average Bonchev–Trinajstić information content (AvgIpc) is 2.96.